The number of benzene rings is 1. The topological polar surface area (TPSA) is 102 Å². The molecule has 9 nitrogen and oxygen atoms in total. The molecule has 0 bridgehead atoms. The van der Waals surface area contributed by atoms with Crippen molar-refractivity contribution in [3.05, 3.63) is 29.8 Å². The van der Waals surface area contributed by atoms with Crippen LogP contribution >= 0.6 is 0 Å². The lowest BCUT2D eigenvalue weighted by Gasteiger charge is -2.35. The number of rotatable bonds is 9. The zero-order valence-corrected chi connectivity index (χ0v) is 18.5. The Labute approximate surface area is 178 Å². The monoisotopic (exact) mass is 437 g/mol. The standard InChI is InChI=1S/C20H31N5O4S/c1-3-24(4-2)30(28,29)25-12-10-23(11-13-25)15-19(26)21-18-7-5-6-16(14-18)20(27)22-17-8-9-17/h5-7,14,17H,3-4,8-13,15H2,1-2H3,(H,21,26)(H,22,27). The van der Waals surface area contributed by atoms with Crippen LogP contribution in [0.5, 0.6) is 0 Å². The number of hydrogen-bond acceptors (Lipinski definition) is 5. The maximum Gasteiger partial charge on any atom is 0.282 e. The molecule has 10 heteroatoms. The van der Waals surface area contributed by atoms with Gasteiger partial charge in [-0.3, -0.25) is 14.5 Å². The minimum Gasteiger partial charge on any atom is -0.349 e. The summed E-state index contributed by atoms with van der Waals surface area (Å²) < 4.78 is 28.1. The van der Waals surface area contributed by atoms with Crippen LogP contribution in [-0.4, -0.2) is 85.6 Å². The predicted molar refractivity (Wildman–Crippen MR) is 115 cm³/mol. The van der Waals surface area contributed by atoms with Crippen LogP contribution in [0.15, 0.2) is 24.3 Å². The molecule has 1 aliphatic heterocycles. The summed E-state index contributed by atoms with van der Waals surface area (Å²) in [6.07, 6.45) is 2.04. The van der Waals surface area contributed by atoms with E-state index in [0.717, 1.165) is 12.8 Å². The molecule has 1 saturated heterocycles. The van der Waals surface area contributed by atoms with E-state index in [1.807, 2.05) is 18.7 Å². The van der Waals surface area contributed by atoms with Crippen LogP contribution in [0.2, 0.25) is 0 Å². The van der Waals surface area contributed by atoms with E-state index in [9.17, 15) is 18.0 Å². The molecule has 1 aromatic carbocycles. The molecule has 0 radical (unpaired) electrons. The molecule has 1 aliphatic carbocycles. The molecule has 0 aromatic heterocycles. The van der Waals surface area contributed by atoms with Crippen molar-refractivity contribution >= 4 is 27.7 Å². The van der Waals surface area contributed by atoms with Crippen molar-refractivity contribution in [3.63, 3.8) is 0 Å². The first-order valence-corrected chi connectivity index (χ1v) is 11.9. The molecule has 166 valence electrons. The molecule has 3 rings (SSSR count). The molecule has 2 N–H and O–H groups in total. The third kappa shape index (κ3) is 5.78. The number of hydrogen-bond donors (Lipinski definition) is 2. The summed E-state index contributed by atoms with van der Waals surface area (Å²) in [6, 6.07) is 7.17. The summed E-state index contributed by atoms with van der Waals surface area (Å²) in [6.45, 7) is 6.44. The van der Waals surface area contributed by atoms with Crippen LogP contribution in [0.3, 0.4) is 0 Å². The second-order valence-electron chi connectivity index (χ2n) is 7.64. The smallest absolute Gasteiger partial charge is 0.282 e. The second kappa shape index (κ2) is 9.86. The Morgan fingerprint density at radius 3 is 2.37 bits per heavy atom. The average molecular weight is 438 g/mol. The normalized spacial score (nSPS) is 18.4. The van der Waals surface area contributed by atoms with E-state index in [0.29, 0.717) is 50.5 Å². The van der Waals surface area contributed by atoms with Crippen LogP contribution in [-0.2, 0) is 15.0 Å². The molecule has 1 aromatic rings. The van der Waals surface area contributed by atoms with Gasteiger partial charge in [-0.15, -0.1) is 0 Å². The van der Waals surface area contributed by atoms with E-state index in [2.05, 4.69) is 10.6 Å². The zero-order chi connectivity index (χ0) is 21.7. The van der Waals surface area contributed by atoms with Crippen molar-refractivity contribution in [2.45, 2.75) is 32.7 Å². The number of nitrogens with zero attached hydrogens (tertiary/aromatic N) is 3. The van der Waals surface area contributed by atoms with Crippen molar-refractivity contribution in [3.8, 4) is 0 Å². The van der Waals surface area contributed by atoms with Crippen LogP contribution in [0.25, 0.3) is 0 Å². The van der Waals surface area contributed by atoms with Crippen LogP contribution in [0.1, 0.15) is 37.0 Å². The molecule has 2 fully saturated rings. The number of anilines is 1. The van der Waals surface area contributed by atoms with Gasteiger partial charge >= 0.3 is 0 Å². The van der Waals surface area contributed by atoms with Crippen LogP contribution < -0.4 is 10.6 Å². The van der Waals surface area contributed by atoms with Gasteiger partial charge in [0, 0.05) is 56.6 Å². The second-order valence-corrected chi connectivity index (χ2v) is 9.57. The number of nitrogens with one attached hydrogen (secondary N) is 2. The fraction of sp³-hybridized carbons (Fsp3) is 0.600. The first kappa shape index (κ1) is 22.7. The van der Waals surface area contributed by atoms with Crippen molar-refractivity contribution in [1.82, 2.24) is 18.8 Å². The lowest BCUT2D eigenvalue weighted by Crippen LogP contribution is -2.54. The maximum atomic E-state index is 12.6. The predicted octanol–water partition coefficient (Wildman–Crippen LogP) is 0.722. The van der Waals surface area contributed by atoms with E-state index in [4.69, 9.17) is 0 Å². The SMILES string of the molecule is CCN(CC)S(=O)(=O)N1CCN(CC(=O)Nc2cccc(C(=O)NC3CC3)c2)CC1. The third-order valence-electron chi connectivity index (χ3n) is 5.38. The van der Waals surface area contributed by atoms with Crippen molar-refractivity contribution < 1.29 is 18.0 Å². The average Bonchev–Trinajstić information content (AvgIpc) is 3.53. The highest BCUT2D eigenvalue weighted by Gasteiger charge is 2.31. The summed E-state index contributed by atoms with van der Waals surface area (Å²) in [7, 11) is -3.44. The minimum atomic E-state index is -3.44. The van der Waals surface area contributed by atoms with Gasteiger partial charge in [0.1, 0.15) is 0 Å². The first-order valence-electron chi connectivity index (χ1n) is 10.5. The molecule has 0 spiro atoms. The quantitative estimate of drug-likeness (QED) is 0.593. The van der Waals surface area contributed by atoms with Crippen molar-refractivity contribution in [2.75, 3.05) is 51.1 Å². The minimum absolute atomic E-state index is 0.126. The Morgan fingerprint density at radius 2 is 1.77 bits per heavy atom. The number of carbonyl (C=O) groups excluding carboxylic acids is 2. The Hall–Kier alpha value is -2.01. The molecule has 2 aliphatic rings. The lowest BCUT2D eigenvalue weighted by molar-refractivity contribution is -0.117. The lowest BCUT2D eigenvalue weighted by atomic mass is 10.2. The van der Waals surface area contributed by atoms with E-state index in [1.54, 1.807) is 24.3 Å². The number of amides is 2. The molecule has 1 heterocycles. The first-order chi connectivity index (χ1) is 14.3. The van der Waals surface area contributed by atoms with Gasteiger partial charge in [0.05, 0.1) is 6.54 Å². The molecule has 0 atom stereocenters. The highest BCUT2D eigenvalue weighted by atomic mass is 32.2. The van der Waals surface area contributed by atoms with Gasteiger partial charge in [0.15, 0.2) is 0 Å². The van der Waals surface area contributed by atoms with Gasteiger partial charge in [0.25, 0.3) is 16.1 Å². The van der Waals surface area contributed by atoms with E-state index < -0.39 is 10.2 Å². The highest BCUT2D eigenvalue weighted by molar-refractivity contribution is 7.86. The summed E-state index contributed by atoms with van der Waals surface area (Å²) in [5, 5.41) is 5.76. The Morgan fingerprint density at radius 1 is 1.10 bits per heavy atom. The molecule has 2 amide bonds. The van der Waals surface area contributed by atoms with Gasteiger partial charge in [-0.1, -0.05) is 19.9 Å². The fourth-order valence-corrected chi connectivity index (χ4v) is 5.07. The van der Waals surface area contributed by atoms with Crippen molar-refractivity contribution in [1.29, 1.82) is 0 Å². The molecule has 30 heavy (non-hydrogen) atoms. The highest BCUT2D eigenvalue weighted by Crippen LogP contribution is 2.20. The zero-order valence-electron chi connectivity index (χ0n) is 17.6. The van der Waals surface area contributed by atoms with E-state index >= 15 is 0 Å². The van der Waals surface area contributed by atoms with Gasteiger partial charge in [0.2, 0.25) is 5.91 Å². The van der Waals surface area contributed by atoms with Crippen LogP contribution in [0.4, 0.5) is 5.69 Å². The van der Waals surface area contributed by atoms with Crippen LogP contribution in [0, 0.1) is 0 Å². The van der Waals surface area contributed by atoms with E-state index in [-0.39, 0.29) is 24.4 Å². The Bertz CT molecular complexity index is 860. The molecule has 0 unspecified atom stereocenters. The largest absolute Gasteiger partial charge is 0.349 e. The summed E-state index contributed by atoms with van der Waals surface area (Å²) in [5.74, 6) is -0.311. The third-order valence-corrected chi connectivity index (χ3v) is 7.56. The molecular weight excluding hydrogens is 406 g/mol. The molecular formula is C20H31N5O4S. The Kier molecular flexibility index (Phi) is 7.45. The number of carbonyl (C=O) groups is 2. The van der Waals surface area contributed by atoms with Gasteiger partial charge in [-0.2, -0.15) is 17.0 Å². The van der Waals surface area contributed by atoms with Gasteiger partial charge in [-0.25, -0.2) is 0 Å². The Balaban J connectivity index is 1.49. The molecule has 1 saturated carbocycles. The summed E-state index contributed by atoms with van der Waals surface area (Å²) in [5.41, 5.74) is 1.10. The van der Waals surface area contributed by atoms with Gasteiger partial charge in [-0.05, 0) is 31.0 Å². The maximum absolute atomic E-state index is 12.6. The fourth-order valence-electron chi connectivity index (χ4n) is 3.47. The number of piperazine rings is 1. The van der Waals surface area contributed by atoms with Gasteiger partial charge < -0.3 is 10.6 Å². The van der Waals surface area contributed by atoms with Crippen molar-refractivity contribution in [2.24, 2.45) is 0 Å². The summed E-state index contributed by atoms with van der Waals surface area (Å²) in [4.78, 5) is 26.5. The summed E-state index contributed by atoms with van der Waals surface area (Å²) >= 11 is 0. The van der Waals surface area contributed by atoms with E-state index in [1.165, 1.54) is 8.61 Å².